The fourth-order valence-corrected chi connectivity index (χ4v) is 4.26. The van der Waals surface area contributed by atoms with Gasteiger partial charge >= 0.3 is 0 Å². The summed E-state index contributed by atoms with van der Waals surface area (Å²) in [6, 6.07) is 8.60. The Morgan fingerprint density at radius 1 is 1.25 bits per heavy atom. The Morgan fingerprint density at radius 2 is 1.96 bits per heavy atom. The minimum atomic E-state index is -0.344. The second kappa shape index (κ2) is 10.2. The molecule has 0 bridgehead atoms. The molecule has 1 N–H and O–H groups in total. The number of amides is 1. The summed E-state index contributed by atoms with van der Waals surface area (Å²) in [6.45, 7) is 8.21. The topological polar surface area (TPSA) is 38.3 Å². The average Bonchev–Trinajstić information content (AvgIpc) is 2.63. The van der Waals surface area contributed by atoms with E-state index in [4.69, 9.17) is 16.3 Å². The molecule has 2 rings (SSSR count). The molecule has 28 heavy (non-hydrogen) atoms. The number of hydrogen-bond acceptors (Lipinski definition) is 3. The highest BCUT2D eigenvalue weighted by atomic mass is 35.5. The highest BCUT2D eigenvalue weighted by Crippen LogP contribution is 2.32. The number of benzene rings is 2. The van der Waals surface area contributed by atoms with Crippen LogP contribution in [-0.2, 0) is 10.5 Å². The van der Waals surface area contributed by atoms with E-state index in [0.717, 1.165) is 22.4 Å². The van der Waals surface area contributed by atoms with Crippen LogP contribution in [0, 0.1) is 12.7 Å². The van der Waals surface area contributed by atoms with Gasteiger partial charge in [-0.3, -0.25) is 4.79 Å². The van der Waals surface area contributed by atoms with Crippen LogP contribution in [0.25, 0.3) is 0 Å². The van der Waals surface area contributed by atoms with Crippen molar-refractivity contribution in [2.24, 2.45) is 0 Å². The van der Waals surface area contributed by atoms with Crippen molar-refractivity contribution in [1.82, 2.24) is 5.32 Å². The van der Waals surface area contributed by atoms with Gasteiger partial charge in [-0.05, 0) is 60.7 Å². The lowest BCUT2D eigenvalue weighted by Crippen LogP contribution is -2.28. The zero-order valence-corrected chi connectivity index (χ0v) is 18.5. The van der Waals surface area contributed by atoms with Crippen molar-refractivity contribution in [3.05, 3.63) is 63.4 Å². The van der Waals surface area contributed by atoms with Gasteiger partial charge < -0.3 is 10.1 Å². The first kappa shape index (κ1) is 22.6. The number of carbonyl (C=O) groups excluding carboxylic acids is 1. The van der Waals surface area contributed by atoms with E-state index in [9.17, 15) is 9.18 Å². The van der Waals surface area contributed by atoms with E-state index in [-0.39, 0.29) is 23.5 Å². The molecule has 0 aromatic heterocycles. The molecule has 0 heterocycles. The smallest absolute Gasteiger partial charge is 0.230 e. The summed E-state index contributed by atoms with van der Waals surface area (Å²) >= 11 is 7.37. The standard InChI is InChI=1S/C22H27ClFNO2S/c1-13(2)16-10-17(14(3)9-21(16)27-5)15(4)25-22(26)12-28-11-18-19(23)7-6-8-20(18)24/h6-10,13,15H,11-12H2,1-5H3,(H,25,26)/t15-/m0/s1. The number of rotatable bonds is 8. The quantitative estimate of drug-likeness (QED) is 0.563. The van der Waals surface area contributed by atoms with Crippen molar-refractivity contribution in [3.63, 3.8) is 0 Å². The van der Waals surface area contributed by atoms with Crippen molar-refractivity contribution in [1.29, 1.82) is 0 Å². The van der Waals surface area contributed by atoms with Crippen LogP contribution in [0.3, 0.4) is 0 Å². The van der Waals surface area contributed by atoms with Gasteiger partial charge in [-0.25, -0.2) is 4.39 Å². The fraction of sp³-hybridized carbons (Fsp3) is 0.409. The number of halogens is 2. The van der Waals surface area contributed by atoms with Crippen molar-refractivity contribution >= 4 is 29.3 Å². The Labute approximate surface area is 176 Å². The number of thioether (sulfide) groups is 1. The summed E-state index contributed by atoms with van der Waals surface area (Å²) in [6.07, 6.45) is 0. The monoisotopic (exact) mass is 423 g/mol. The largest absolute Gasteiger partial charge is 0.496 e. The molecule has 0 aliphatic carbocycles. The maximum absolute atomic E-state index is 13.8. The number of hydrogen-bond donors (Lipinski definition) is 1. The SMILES string of the molecule is COc1cc(C)c([C@H](C)NC(=O)CSCc2c(F)cccc2Cl)cc1C(C)C. The molecule has 2 aromatic rings. The maximum Gasteiger partial charge on any atom is 0.230 e. The Morgan fingerprint density at radius 3 is 2.57 bits per heavy atom. The Balaban J connectivity index is 1.99. The lowest BCUT2D eigenvalue weighted by Gasteiger charge is -2.21. The van der Waals surface area contributed by atoms with Crippen LogP contribution in [0.1, 0.15) is 55.0 Å². The van der Waals surface area contributed by atoms with Gasteiger partial charge in [0.15, 0.2) is 0 Å². The van der Waals surface area contributed by atoms with Crippen LogP contribution in [0.4, 0.5) is 4.39 Å². The van der Waals surface area contributed by atoms with E-state index >= 15 is 0 Å². The van der Waals surface area contributed by atoms with E-state index in [1.54, 1.807) is 19.2 Å². The second-order valence-electron chi connectivity index (χ2n) is 7.09. The summed E-state index contributed by atoms with van der Waals surface area (Å²) in [4.78, 5) is 12.4. The molecule has 0 aliphatic heterocycles. The molecule has 6 heteroatoms. The van der Waals surface area contributed by atoms with Crippen molar-refractivity contribution in [2.75, 3.05) is 12.9 Å². The summed E-state index contributed by atoms with van der Waals surface area (Å²) in [5.41, 5.74) is 3.69. The van der Waals surface area contributed by atoms with Crippen LogP contribution < -0.4 is 10.1 Å². The Bertz CT molecular complexity index is 821. The highest BCUT2D eigenvalue weighted by Gasteiger charge is 2.17. The molecular formula is C22H27ClFNO2S. The van der Waals surface area contributed by atoms with Crippen molar-refractivity contribution in [3.8, 4) is 5.75 Å². The number of ether oxygens (including phenoxy) is 1. The molecule has 0 unspecified atom stereocenters. The number of methoxy groups -OCH3 is 1. The molecule has 1 amide bonds. The van der Waals surface area contributed by atoms with Gasteiger partial charge in [0, 0.05) is 16.3 Å². The third-order valence-corrected chi connectivity index (χ3v) is 5.94. The number of aryl methyl sites for hydroxylation is 1. The van der Waals surface area contributed by atoms with Gasteiger partial charge in [0.2, 0.25) is 5.91 Å². The Hall–Kier alpha value is -1.72. The molecule has 1 atom stereocenters. The first-order valence-corrected chi connectivity index (χ1v) is 10.8. The van der Waals surface area contributed by atoms with Crippen LogP contribution in [-0.4, -0.2) is 18.8 Å². The highest BCUT2D eigenvalue weighted by molar-refractivity contribution is 7.99. The predicted molar refractivity (Wildman–Crippen MR) is 116 cm³/mol. The second-order valence-corrected chi connectivity index (χ2v) is 8.48. The van der Waals surface area contributed by atoms with E-state index in [1.807, 2.05) is 19.9 Å². The van der Waals surface area contributed by atoms with Crippen LogP contribution in [0.2, 0.25) is 5.02 Å². The molecule has 0 saturated heterocycles. The number of nitrogens with one attached hydrogen (secondary N) is 1. The van der Waals surface area contributed by atoms with Crippen molar-refractivity contribution < 1.29 is 13.9 Å². The van der Waals surface area contributed by atoms with Gasteiger partial charge in [-0.1, -0.05) is 31.5 Å². The van der Waals surface area contributed by atoms with Crippen LogP contribution >= 0.6 is 23.4 Å². The summed E-state index contributed by atoms with van der Waals surface area (Å²) in [7, 11) is 1.67. The van der Waals surface area contributed by atoms with Crippen LogP contribution in [0.15, 0.2) is 30.3 Å². The normalized spacial score (nSPS) is 12.1. The first-order valence-electron chi connectivity index (χ1n) is 9.23. The zero-order chi connectivity index (χ0) is 20.8. The lowest BCUT2D eigenvalue weighted by molar-refractivity contribution is -0.119. The zero-order valence-electron chi connectivity index (χ0n) is 16.9. The number of carbonyl (C=O) groups is 1. The third-order valence-electron chi connectivity index (χ3n) is 4.63. The minimum absolute atomic E-state index is 0.0914. The summed E-state index contributed by atoms with van der Waals surface area (Å²) in [5, 5.41) is 3.41. The van der Waals surface area contributed by atoms with Gasteiger partial charge in [0.1, 0.15) is 11.6 Å². The molecule has 2 aromatic carbocycles. The molecule has 152 valence electrons. The maximum atomic E-state index is 13.8. The molecule has 0 aliphatic rings. The van der Waals surface area contributed by atoms with Gasteiger partial charge in [-0.15, -0.1) is 11.8 Å². The minimum Gasteiger partial charge on any atom is -0.496 e. The summed E-state index contributed by atoms with van der Waals surface area (Å²) < 4.78 is 19.3. The summed E-state index contributed by atoms with van der Waals surface area (Å²) in [5.74, 6) is 1.34. The molecule has 3 nitrogen and oxygen atoms in total. The third kappa shape index (κ3) is 5.65. The fourth-order valence-electron chi connectivity index (χ4n) is 3.09. The average molecular weight is 424 g/mol. The first-order chi connectivity index (χ1) is 13.2. The molecule has 0 spiro atoms. The Kier molecular flexibility index (Phi) is 8.20. The van der Waals surface area contributed by atoms with Gasteiger partial charge in [0.25, 0.3) is 0 Å². The van der Waals surface area contributed by atoms with E-state index in [0.29, 0.717) is 22.3 Å². The lowest BCUT2D eigenvalue weighted by atomic mass is 9.93. The predicted octanol–water partition coefficient (Wildman–Crippen LogP) is 6.03. The van der Waals surface area contributed by atoms with Crippen LogP contribution in [0.5, 0.6) is 5.75 Å². The van der Waals surface area contributed by atoms with E-state index in [2.05, 4.69) is 25.2 Å². The van der Waals surface area contributed by atoms with Crippen molar-refractivity contribution in [2.45, 2.75) is 45.4 Å². The van der Waals surface area contributed by atoms with E-state index < -0.39 is 0 Å². The molecule has 0 radical (unpaired) electrons. The molecule has 0 saturated carbocycles. The van der Waals surface area contributed by atoms with E-state index in [1.165, 1.54) is 17.8 Å². The van der Waals surface area contributed by atoms with Gasteiger partial charge in [-0.2, -0.15) is 0 Å². The molecular weight excluding hydrogens is 397 g/mol. The molecule has 0 fully saturated rings. The van der Waals surface area contributed by atoms with Gasteiger partial charge in [0.05, 0.1) is 18.9 Å².